The zero-order valence-electron chi connectivity index (χ0n) is 21.5. The number of hydrogen-bond donors (Lipinski definition) is 0. The van der Waals surface area contributed by atoms with Crippen LogP contribution < -0.4 is 0 Å². The summed E-state index contributed by atoms with van der Waals surface area (Å²) in [5, 5.41) is 0. The van der Waals surface area contributed by atoms with Crippen molar-refractivity contribution in [2.45, 2.75) is 130 Å². The molecule has 0 aliphatic heterocycles. The average Bonchev–Trinajstić information content (AvgIpc) is 2.76. The number of fused-ring (bicyclic) bond motifs is 3. The van der Waals surface area contributed by atoms with Crippen molar-refractivity contribution >= 4 is 5.97 Å². The van der Waals surface area contributed by atoms with E-state index in [0.29, 0.717) is 17.3 Å². The Hall–Kier alpha value is -0.830. The van der Waals surface area contributed by atoms with Crippen LogP contribution in [0.5, 0.6) is 0 Å². The molecule has 0 aromatic rings. The Morgan fingerprint density at radius 1 is 0.935 bits per heavy atom. The van der Waals surface area contributed by atoms with E-state index in [2.05, 4.69) is 41.2 Å². The molecular weight excluding hydrogens is 384 g/mol. The minimum absolute atomic E-state index is 0.0314. The van der Waals surface area contributed by atoms with Crippen LogP contribution in [0.1, 0.15) is 113 Å². The standard InChI is InChI=1S/C28H46O3/c1-19-17-27-15-11-20-25(8,13-10-14-26(20,9)22(29)30-23(2,3)4)21(27)12-16-28(19,18-27)31-24(5,6)7/h20-21H,1,10-18H2,2-9H3/t20?,21?,25-,26-,27-,28?/m1/s1. The highest BCUT2D eigenvalue weighted by atomic mass is 16.6. The second kappa shape index (κ2) is 6.84. The number of carbonyl (C=O) groups excluding carboxylic acids is 1. The minimum Gasteiger partial charge on any atom is -0.460 e. The fourth-order valence-electron chi connectivity index (χ4n) is 8.71. The van der Waals surface area contributed by atoms with Gasteiger partial charge in [0.15, 0.2) is 0 Å². The lowest BCUT2D eigenvalue weighted by Gasteiger charge is -2.64. The molecule has 0 aromatic heterocycles. The number of hydrogen-bond acceptors (Lipinski definition) is 3. The molecule has 4 aliphatic carbocycles. The van der Waals surface area contributed by atoms with Gasteiger partial charge in [-0.1, -0.05) is 19.9 Å². The molecule has 4 aliphatic rings. The zero-order valence-corrected chi connectivity index (χ0v) is 21.5. The van der Waals surface area contributed by atoms with Crippen molar-refractivity contribution in [1.29, 1.82) is 0 Å². The molecular formula is C28H46O3. The first kappa shape index (κ1) is 23.3. The van der Waals surface area contributed by atoms with Gasteiger partial charge >= 0.3 is 5.97 Å². The minimum atomic E-state index is -0.429. The third kappa shape index (κ3) is 3.62. The predicted octanol–water partition coefficient (Wildman–Crippen LogP) is 7.23. The molecule has 0 heterocycles. The second-order valence-electron chi connectivity index (χ2n) is 14.0. The molecule has 0 amide bonds. The van der Waals surface area contributed by atoms with Crippen LogP contribution in [0.15, 0.2) is 12.2 Å². The largest absolute Gasteiger partial charge is 0.460 e. The Bertz CT molecular complexity index is 770. The van der Waals surface area contributed by atoms with Gasteiger partial charge in [-0.3, -0.25) is 4.79 Å². The smallest absolute Gasteiger partial charge is 0.312 e. The molecule has 1 spiro atoms. The van der Waals surface area contributed by atoms with E-state index in [9.17, 15) is 4.79 Å². The third-order valence-electron chi connectivity index (χ3n) is 9.49. The zero-order chi connectivity index (χ0) is 23.1. The topological polar surface area (TPSA) is 35.5 Å². The summed E-state index contributed by atoms with van der Waals surface area (Å²) in [5.41, 5.74) is 0.746. The van der Waals surface area contributed by atoms with Crippen LogP contribution in [0.2, 0.25) is 0 Å². The molecule has 176 valence electrons. The van der Waals surface area contributed by atoms with Gasteiger partial charge in [0.2, 0.25) is 0 Å². The van der Waals surface area contributed by atoms with Crippen molar-refractivity contribution in [3.63, 3.8) is 0 Å². The van der Waals surface area contributed by atoms with Gasteiger partial charge in [0.05, 0.1) is 16.6 Å². The van der Waals surface area contributed by atoms with Gasteiger partial charge in [0.1, 0.15) is 5.60 Å². The van der Waals surface area contributed by atoms with Gasteiger partial charge in [0, 0.05) is 0 Å². The van der Waals surface area contributed by atoms with Gasteiger partial charge in [-0.25, -0.2) is 0 Å². The van der Waals surface area contributed by atoms with E-state index in [0.717, 1.165) is 38.5 Å². The van der Waals surface area contributed by atoms with E-state index >= 15 is 0 Å². The molecule has 4 fully saturated rings. The molecule has 0 radical (unpaired) electrons. The fraction of sp³-hybridized carbons (Fsp3) is 0.893. The molecule has 2 bridgehead atoms. The summed E-state index contributed by atoms with van der Waals surface area (Å²) in [6.07, 6.45) is 10.2. The lowest BCUT2D eigenvalue weighted by Crippen LogP contribution is -2.60. The lowest BCUT2D eigenvalue weighted by molar-refractivity contribution is -0.206. The van der Waals surface area contributed by atoms with Crippen LogP contribution in [0.25, 0.3) is 0 Å². The molecule has 3 nitrogen and oxygen atoms in total. The Morgan fingerprint density at radius 3 is 2.19 bits per heavy atom. The van der Waals surface area contributed by atoms with Crippen LogP contribution in [-0.4, -0.2) is 22.8 Å². The summed E-state index contributed by atoms with van der Waals surface area (Å²) in [6, 6.07) is 0. The summed E-state index contributed by atoms with van der Waals surface area (Å²) in [5.74, 6) is 1.09. The summed E-state index contributed by atoms with van der Waals surface area (Å²) in [7, 11) is 0. The quantitative estimate of drug-likeness (QED) is 0.342. The van der Waals surface area contributed by atoms with E-state index in [1.165, 1.54) is 24.8 Å². The summed E-state index contributed by atoms with van der Waals surface area (Å²) < 4.78 is 12.7. The molecule has 31 heavy (non-hydrogen) atoms. The molecule has 4 rings (SSSR count). The number of esters is 1. The van der Waals surface area contributed by atoms with E-state index < -0.39 is 5.60 Å². The molecule has 0 aromatic carbocycles. The molecule has 0 N–H and O–H groups in total. The maximum Gasteiger partial charge on any atom is 0.312 e. The highest BCUT2D eigenvalue weighted by Crippen LogP contribution is 2.73. The summed E-state index contributed by atoms with van der Waals surface area (Å²) >= 11 is 0. The number of ether oxygens (including phenoxy) is 2. The van der Waals surface area contributed by atoms with Crippen molar-refractivity contribution in [2.24, 2.45) is 28.1 Å². The molecule has 3 heteroatoms. The van der Waals surface area contributed by atoms with Crippen molar-refractivity contribution in [1.82, 2.24) is 0 Å². The third-order valence-corrected chi connectivity index (χ3v) is 9.49. The highest BCUT2D eigenvalue weighted by Gasteiger charge is 2.68. The lowest BCUT2D eigenvalue weighted by atomic mass is 9.41. The van der Waals surface area contributed by atoms with Crippen molar-refractivity contribution in [3.8, 4) is 0 Å². The molecule has 0 saturated heterocycles. The van der Waals surface area contributed by atoms with Gasteiger partial charge < -0.3 is 9.47 Å². The Balaban J connectivity index is 1.65. The van der Waals surface area contributed by atoms with Crippen LogP contribution in [0, 0.1) is 28.1 Å². The fourth-order valence-corrected chi connectivity index (χ4v) is 8.71. The van der Waals surface area contributed by atoms with Crippen LogP contribution in [0.4, 0.5) is 0 Å². The monoisotopic (exact) mass is 430 g/mol. The summed E-state index contributed by atoms with van der Waals surface area (Å²) in [4.78, 5) is 13.5. The molecule has 6 atom stereocenters. The second-order valence-corrected chi connectivity index (χ2v) is 14.0. The van der Waals surface area contributed by atoms with Gasteiger partial charge in [-0.05, 0) is 128 Å². The Morgan fingerprint density at radius 2 is 1.58 bits per heavy atom. The maximum atomic E-state index is 13.5. The van der Waals surface area contributed by atoms with Crippen LogP contribution in [0.3, 0.4) is 0 Å². The molecule has 3 unspecified atom stereocenters. The van der Waals surface area contributed by atoms with E-state index in [1.54, 1.807) is 0 Å². The first-order valence-electron chi connectivity index (χ1n) is 12.7. The number of carbonyl (C=O) groups is 1. The van der Waals surface area contributed by atoms with Crippen LogP contribution >= 0.6 is 0 Å². The van der Waals surface area contributed by atoms with E-state index in [-0.39, 0.29) is 28.0 Å². The first-order chi connectivity index (χ1) is 14.1. The SMILES string of the molecule is C=C1C[C@@]23CCC4[C@@](C)(CCC[C@@]4(C)C(=O)OC(C)(C)C)C2CCC1(OC(C)(C)C)C3. The predicted molar refractivity (Wildman–Crippen MR) is 126 cm³/mol. The van der Waals surface area contributed by atoms with Crippen LogP contribution in [-0.2, 0) is 14.3 Å². The van der Waals surface area contributed by atoms with E-state index in [1.807, 2.05) is 20.8 Å². The average molecular weight is 431 g/mol. The van der Waals surface area contributed by atoms with Crippen molar-refractivity contribution in [2.75, 3.05) is 0 Å². The Labute approximate surface area is 190 Å². The maximum absolute atomic E-state index is 13.5. The van der Waals surface area contributed by atoms with Gasteiger partial charge in [-0.15, -0.1) is 0 Å². The summed E-state index contributed by atoms with van der Waals surface area (Å²) in [6.45, 7) is 21.8. The highest BCUT2D eigenvalue weighted by molar-refractivity contribution is 5.77. The van der Waals surface area contributed by atoms with Gasteiger partial charge in [-0.2, -0.15) is 0 Å². The van der Waals surface area contributed by atoms with Gasteiger partial charge in [0.25, 0.3) is 0 Å². The molecule has 4 saturated carbocycles. The number of rotatable bonds is 2. The van der Waals surface area contributed by atoms with Crippen molar-refractivity contribution in [3.05, 3.63) is 12.2 Å². The first-order valence-corrected chi connectivity index (χ1v) is 12.7. The van der Waals surface area contributed by atoms with Crippen molar-refractivity contribution < 1.29 is 14.3 Å². The Kier molecular flexibility index (Phi) is 5.15. The van der Waals surface area contributed by atoms with E-state index in [4.69, 9.17) is 9.47 Å². The normalized spacial score (nSPS) is 45.1.